The lowest BCUT2D eigenvalue weighted by Crippen LogP contribution is -2.62. The maximum Gasteiger partial charge on any atom is 0.270 e. The first kappa shape index (κ1) is 16.1. The third-order valence-corrected chi connectivity index (χ3v) is 6.51. The van der Waals surface area contributed by atoms with Crippen LogP contribution in [0.25, 0.3) is 11.0 Å². The Morgan fingerprint density at radius 2 is 1.96 bits per heavy atom. The number of carbonyl (C=O) groups excluding carboxylic acids is 1. The maximum absolute atomic E-state index is 12.8. The lowest BCUT2D eigenvalue weighted by atomic mass is 9.79. The summed E-state index contributed by atoms with van der Waals surface area (Å²) in [4.78, 5) is 21.9. The van der Waals surface area contributed by atoms with Crippen LogP contribution in [0.3, 0.4) is 0 Å². The maximum atomic E-state index is 12.8. The molecule has 6 rings (SSSR count). The van der Waals surface area contributed by atoms with Crippen LogP contribution in [0, 0.1) is 5.92 Å². The number of piperidine rings is 3. The van der Waals surface area contributed by atoms with Crippen molar-refractivity contribution in [3.05, 3.63) is 24.0 Å². The van der Waals surface area contributed by atoms with Crippen molar-refractivity contribution in [1.29, 1.82) is 0 Å². The standard InChI is InChI=1S/C20H26N4O2/c1-13-19(14-4-8-23(13)9-5-14)22-20(25)16-11-17-15(12-21-16)10-18(26-17)24-6-2-3-7-24/h10-14,19H,2-9H2,1H3,(H,22,25). The van der Waals surface area contributed by atoms with Crippen LogP contribution in [0.15, 0.2) is 22.7 Å². The van der Waals surface area contributed by atoms with Crippen LogP contribution in [0.5, 0.6) is 0 Å². The van der Waals surface area contributed by atoms with E-state index in [1.54, 1.807) is 12.3 Å². The van der Waals surface area contributed by atoms with Gasteiger partial charge in [0.05, 0.1) is 0 Å². The molecular weight excluding hydrogens is 328 g/mol. The molecule has 2 atom stereocenters. The molecule has 26 heavy (non-hydrogen) atoms. The average molecular weight is 354 g/mol. The first-order chi connectivity index (χ1) is 12.7. The molecule has 6 heteroatoms. The summed E-state index contributed by atoms with van der Waals surface area (Å²) >= 11 is 0. The average Bonchev–Trinajstić information content (AvgIpc) is 3.33. The highest BCUT2D eigenvalue weighted by molar-refractivity contribution is 5.96. The fourth-order valence-electron chi connectivity index (χ4n) is 4.91. The Morgan fingerprint density at radius 3 is 2.69 bits per heavy atom. The molecule has 6 nitrogen and oxygen atoms in total. The van der Waals surface area contributed by atoms with Crippen molar-refractivity contribution in [2.75, 3.05) is 31.1 Å². The summed E-state index contributed by atoms with van der Waals surface area (Å²) in [6.45, 7) is 6.63. The van der Waals surface area contributed by atoms with E-state index >= 15 is 0 Å². The van der Waals surface area contributed by atoms with Gasteiger partial charge in [-0.2, -0.15) is 0 Å². The largest absolute Gasteiger partial charge is 0.440 e. The van der Waals surface area contributed by atoms with Crippen molar-refractivity contribution in [1.82, 2.24) is 15.2 Å². The van der Waals surface area contributed by atoms with E-state index in [0.29, 0.717) is 17.7 Å². The van der Waals surface area contributed by atoms with E-state index in [1.807, 2.05) is 6.07 Å². The highest BCUT2D eigenvalue weighted by atomic mass is 16.4. The summed E-state index contributed by atoms with van der Waals surface area (Å²) in [5.74, 6) is 1.40. The van der Waals surface area contributed by atoms with Gasteiger partial charge in [0.1, 0.15) is 11.3 Å². The molecular formula is C20H26N4O2. The third kappa shape index (κ3) is 2.67. The fraction of sp³-hybridized carbons (Fsp3) is 0.600. The molecule has 4 saturated heterocycles. The van der Waals surface area contributed by atoms with E-state index in [2.05, 4.69) is 27.0 Å². The molecule has 138 valence electrons. The summed E-state index contributed by atoms with van der Waals surface area (Å²) in [6.07, 6.45) is 6.53. The fourth-order valence-corrected chi connectivity index (χ4v) is 4.91. The normalized spacial score (nSPS) is 30.9. The number of aromatic nitrogens is 1. The van der Waals surface area contributed by atoms with Gasteiger partial charge in [0, 0.05) is 48.9 Å². The second kappa shape index (κ2) is 6.27. The van der Waals surface area contributed by atoms with Crippen LogP contribution in [-0.2, 0) is 0 Å². The Hall–Kier alpha value is -2.08. The van der Waals surface area contributed by atoms with Crippen molar-refractivity contribution in [3.63, 3.8) is 0 Å². The number of nitrogens with one attached hydrogen (secondary N) is 1. The number of rotatable bonds is 3. The second-order valence-corrected chi connectivity index (χ2v) is 8.00. The zero-order chi connectivity index (χ0) is 17.7. The molecule has 2 aromatic rings. The summed E-state index contributed by atoms with van der Waals surface area (Å²) in [5, 5.41) is 4.21. The quantitative estimate of drug-likeness (QED) is 0.918. The first-order valence-corrected chi connectivity index (χ1v) is 9.88. The number of hydrogen-bond donors (Lipinski definition) is 1. The number of nitrogens with zero attached hydrogens (tertiary/aromatic N) is 3. The van der Waals surface area contributed by atoms with Crippen molar-refractivity contribution in [3.8, 4) is 0 Å². The van der Waals surface area contributed by atoms with Gasteiger partial charge in [-0.1, -0.05) is 0 Å². The second-order valence-electron chi connectivity index (χ2n) is 8.00. The number of carbonyl (C=O) groups is 1. The van der Waals surface area contributed by atoms with Gasteiger partial charge in [0.15, 0.2) is 5.88 Å². The Balaban J connectivity index is 1.35. The van der Waals surface area contributed by atoms with Gasteiger partial charge in [-0.3, -0.25) is 14.7 Å². The SMILES string of the molecule is CC1C(NC(=O)c2cc3oc(N4CCCC4)cc3cn2)C2CCN1CC2. The monoisotopic (exact) mass is 354 g/mol. The summed E-state index contributed by atoms with van der Waals surface area (Å²) < 4.78 is 6.00. The van der Waals surface area contributed by atoms with Crippen LogP contribution < -0.4 is 10.2 Å². The van der Waals surface area contributed by atoms with Crippen molar-refractivity contribution >= 4 is 22.8 Å². The van der Waals surface area contributed by atoms with Gasteiger partial charge in [0.2, 0.25) is 0 Å². The van der Waals surface area contributed by atoms with Gasteiger partial charge >= 0.3 is 0 Å². The first-order valence-electron chi connectivity index (χ1n) is 9.88. The van der Waals surface area contributed by atoms with E-state index in [4.69, 9.17) is 4.42 Å². The highest BCUT2D eigenvalue weighted by Gasteiger charge is 2.40. The highest BCUT2D eigenvalue weighted by Crippen LogP contribution is 2.32. The van der Waals surface area contributed by atoms with Crippen molar-refractivity contribution < 1.29 is 9.21 Å². The third-order valence-electron chi connectivity index (χ3n) is 6.51. The molecule has 2 aromatic heterocycles. The summed E-state index contributed by atoms with van der Waals surface area (Å²) in [5.41, 5.74) is 1.19. The van der Waals surface area contributed by atoms with Crippen LogP contribution in [-0.4, -0.2) is 54.1 Å². The number of hydrogen-bond acceptors (Lipinski definition) is 5. The minimum Gasteiger partial charge on any atom is -0.440 e. The van der Waals surface area contributed by atoms with Crippen LogP contribution >= 0.6 is 0 Å². The minimum atomic E-state index is -0.0865. The minimum absolute atomic E-state index is 0.0865. The van der Waals surface area contributed by atoms with Gasteiger partial charge in [0.25, 0.3) is 5.91 Å². The Labute approximate surface area is 153 Å². The van der Waals surface area contributed by atoms with E-state index in [0.717, 1.165) is 43.0 Å². The van der Waals surface area contributed by atoms with E-state index < -0.39 is 0 Å². The Morgan fingerprint density at radius 1 is 1.19 bits per heavy atom. The van der Waals surface area contributed by atoms with Gasteiger partial charge in [-0.15, -0.1) is 0 Å². The van der Waals surface area contributed by atoms with E-state index in [1.165, 1.54) is 25.7 Å². The molecule has 0 spiro atoms. The van der Waals surface area contributed by atoms with Gasteiger partial charge in [-0.25, -0.2) is 0 Å². The molecule has 0 saturated carbocycles. The zero-order valence-corrected chi connectivity index (χ0v) is 15.3. The topological polar surface area (TPSA) is 61.6 Å². The van der Waals surface area contributed by atoms with Crippen LogP contribution in [0.2, 0.25) is 0 Å². The van der Waals surface area contributed by atoms with E-state index in [-0.39, 0.29) is 11.9 Å². The number of furan rings is 1. The molecule has 1 amide bonds. The molecule has 4 aliphatic rings. The molecule has 6 heterocycles. The molecule has 4 fully saturated rings. The Kier molecular flexibility index (Phi) is 3.89. The number of anilines is 1. The smallest absolute Gasteiger partial charge is 0.270 e. The summed E-state index contributed by atoms with van der Waals surface area (Å²) in [7, 11) is 0. The Bertz CT molecular complexity index is 816. The molecule has 0 aromatic carbocycles. The molecule has 1 N–H and O–H groups in total. The lowest BCUT2D eigenvalue weighted by molar-refractivity contribution is 0.0216. The number of fused-ring (bicyclic) bond motifs is 4. The molecule has 0 radical (unpaired) electrons. The summed E-state index contributed by atoms with van der Waals surface area (Å²) in [6, 6.07) is 4.45. The molecule has 2 unspecified atom stereocenters. The lowest BCUT2D eigenvalue weighted by Gasteiger charge is -2.49. The molecule has 2 bridgehead atoms. The molecule has 4 aliphatic heterocycles. The van der Waals surface area contributed by atoms with Gasteiger partial charge in [-0.05, 0) is 51.6 Å². The predicted molar refractivity (Wildman–Crippen MR) is 100 cm³/mol. The predicted octanol–water partition coefficient (Wildman–Crippen LogP) is 2.64. The molecule has 0 aliphatic carbocycles. The van der Waals surface area contributed by atoms with Crippen molar-refractivity contribution in [2.24, 2.45) is 5.92 Å². The zero-order valence-electron chi connectivity index (χ0n) is 15.3. The number of amides is 1. The van der Waals surface area contributed by atoms with E-state index in [9.17, 15) is 4.79 Å². The van der Waals surface area contributed by atoms with Crippen LogP contribution in [0.4, 0.5) is 5.88 Å². The number of pyridine rings is 1. The van der Waals surface area contributed by atoms with Crippen LogP contribution in [0.1, 0.15) is 43.1 Å². The van der Waals surface area contributed by atoms with Gasteiger partial charge < -0.3 is 14.6 Å². The van der Waals surface area contributed by atoms with Crippen molar-refractivity contribution in [2.45, 2.75) is 44.7 Å².